The van der Waals surface area contributed by atoms with Gasteiger partial charge in [-0.2, -0.15) is 0 Å². The number of hydrogen-bond donors (Lipinski definition) is 0. The molecule has 2 aromatic heterocycles. The zero-order chi connectivity index (χ0) is 21.2. The third-order valence-corrected chi connectivity index (χ3v) is 7.41. The third-order valence-electron chi connectivity index (χ3n) is 6.52. The summed E-state index contributed by atoms with van der Waals surface area (Å²) in [6, 6.07) is 19.9. The normalized spacial score (nSPS) is 15.1. The van der Waals surface area contributed by atoms with E-state index >= 15 is 0 Å². The maximum Gasteiger partial charge on any atom is 0.141 e. The van der Waals surface area contributed by atoms with Gasteiger partial charge < -0.3 is 4.90 Å². The van der Waals surface area contributed by atoms with Gasteiger partial charge in [0.1, 0.15) is 17.0 Å². The largest absolute Gasteiger partial charge is 0.356 e. The van der Waals surface area contributed by atoms with Gasteiger partial charge in [0, 0.05) is 24.0 Å². The molecule has 5 rings (SSSR count). The standard InChI is InChI=1S/C27H29N3S/c1-19(2)22-8-10-23(11-9-22)24-17-31-27-25(24)26(28-18-29-27)30-14-12-21(13-15-30)16-20-6-4-3-5-7-20/h3-11,17-19,21H,12-16H2,1-2H3. The molecule has 4 aromatic rings. The summed E-state index contributed by atoms with van der Waals surface area (Å²) in [7, 11) is 0. The van der Waals surface area contributed by atoms with Gasteiger partial charge in [-0.3, -0.25) is 0 Å². The molecule has 0 N–H and O–H groups in total. The molecule has 1 aliphatic rings. The van der Waals surface area contributed by atoms with E-state index in [1.165, 1.54) is 46.9 Å². The Morgan fingerprint density at radius 3 is 2.42 bits per heavy atom. The number of fused-ring (bicyclic) bond motifs is 1. The molecular formula is C27H29N3S. The summed E-state index contributed by atoms with van der Waals surface area (Å²) in [4.78, 5) is 12.9. The Morgan fingerprint density at radius 2 is 1.71 bits per heavy atom. The summed E-state index contributed by atoms with van der Waals surface area (Å²) in [6.45, 7) is 6.60. The first-order chi connectivity index (χ1) is 15.2. The second-order valence-corrected chi connectivity index (χ2v) is 9.78. The SMILES string of the molecule is CC(C)c1ccc(-c2csc3ncnc(N4CCC(Cc5ccccc5)CC4)c23)cc1. The predicted octanol–water partition coefficient (Wildman–Crippen LogP) is 6.94. The van der Waals surface area contributed by atoms with Gasteiger partial charge in [-0.05, 0) is 47.8 Å². The average Bonchev–Trinajstić information content (AvgIpc) is 3.25. The van der Waals surface area contributed by atoms with Crippen LogP contribution in [0.4, 0.5) is 5.82 Å². The van der Waals surface area contributed by atoms with Crippen LogP contribution in [0.1, 0.15) is 43.7 Å². The summed E-state index contributed by atoms with van der Waals surface area (Å²) in [5, 5.41) is 3.46. The topological polar surface area (TPSA) is 29.0 Å². The Balaban J connectivity index is 1.39. The van der Waals surface area contributed by atoms with Crippen molar-refractivity contribution in [2.24, 2.45) is 5.92 Å². The smallest absolute Gasteiger partial charge is 0.141 e. The Bertz CT molecular complexity index is 1140. The monoisotopic (exact) mass is 427 g/mol. The van der Waals surface area contributed by atoms with Gasteiger partial charge in [-0.1, -0.05) is 68.4 Å². The van der Waals surface area contributed by atoms with Crippen LogP contribution < -0.4 is 4.90 Å². The minimum absolute atomic E-state index is 0.546. The van der Waals surface area contributed by atoms with E-state index in [9.17, 15) is 0 Å². The van der Waals surface area contributed by atoms with Crippen molar-refractivity contribution in [3.63, 3.8) is 0 Å². The van der Waals surface area contributed by atoms with Crippen molar-refractivity contribution in [3.8, 4) is 11.1 Å². The van der Waals surface area contributed by atoms with Gasteiger partial charge in [0.15, 0.2) is 0 Å². The molecule has 0 aliphatic carbocycles. The lowest BCUT2D eigenvalue weighted by Crippen LogP contribution is -2.35. The lowest BCUT2D eigenvalue weighted by molar-refractivity contribution is 0.403. The first-order valence-electron chi connectivity index (χ1n) is 11.3. The van der Waals surface area contributed by atoms with Gasteiger partial charge in [0.2, 0.25) is 0 Å². The first-order valence-corrected chi connectivity index (χ1v) is 12.2. The van der Waals surface area contributed by atoms with Gasteiger partial charge in [-0.15, -0.1) is 11.3 Å². The predicted molar refractivity (Wildman–Crippen MR) is 132 cm³/mol. The molecule has 0 bridgehead atoms. The van der Waals surface area contributed by atoms with Crippen LogP contribution in [-0.2, 0) is 6.42 Å². The summed E-state index contributed by atoms with van der Waals surface area (Å²) in [5.74, 6) is 2.40. The number of benzene rings is 2. The van der Waals surface area contributed by atoms with Gasteiger partial charge in [0.25, 0.3) is 0 Å². The molecule has 1 saturated heterocycles. The van der Waals surface area contributed by atoms with Gasteiger partial charge >= 0.3 is 0 Å². The van der Waals surface area contributed by atoms with Crippen molar-refractivity contribution in [2.75, 3.05) is 18.0 Å². The van der Waals surface area contributed by atoms with E-state index in [1.54, 1.807) is 17.7 Å². The van der Waals surface area contributed by atoms with E-state index in [0.717, 1.165) is 29.7 Å². The Labute approximate surface area is 188 Å². The number of thiophene rings is 1. The first kappa shape index (κ1) is 20.2. The molecule has 0 unspecified atom stereocenters. The molecule has 3 nitrogen and oxygen atoms in total. The lowest BCUT2D eigenvalue weighted by Gasteiger charge is -2.33. The summed E-state index contributed by atoms with van der Waals surface area (Å²) >= 11 is 1.72. The molecule has 0 atom stereocenters. The van der Waals surface area contributed by atoms with Gasteiger partial charge in [0.05, 0.1) is 5.39 Å². The summed E-state index contributed by atoms with van der Waals surface area (Å²) in [5.41, 5.74) is 5.35. The fourth-order valence-corrected chi connectivity index (χ4v) is 5.57. The van der Waals surface area contributed by atoms with Crippen molar-refractivity contribution < 1.29 is 0 Å². The number of hydrogen-bond acceptors (Lipinski definition) is 4. The molecule has 1 fully saturated rings. The van der Waals surface area contributed by atoms with Crippen molar-refractivity contribution >= 4 is 27.4 Å². The number of nitrogens with zero attached hydrogens (tertiary/aromatic N) is 3. The van der Waals surface area contributed by atoms with E-state index in [-0.39, 0.29) is 0 Å². The highest BCUT2D eigenvalue weighted by Gasteiger charge is 2.24. The van der Waals surface area contributed by atoms with Gasteiger partial charge in [-0.25, -0.2) is 9.97 Å². The number of aromatic nitrogens is 2. The van der Waals surface area contributed by atoms with E-state index in [2.05, 4.69) is 83.7 Å². The zero-order valence-corrected chi connectivity index (χ0v) is 19.1. The van der Waals surface area contributed by atoms with E-state index < -0.39 is 0 Å². The maximum absolute atomic E-state index is 4.77. The highest BCUT2D eigenvalue weighted by atomic mass is 32.1. The quantitative estimate of drug-likeness (QED) is 0.345. The molecular weight excluding hydrogens is 398 g/mol. The zero-order valence-electron chi connectivity index (χ0n) is 18.3. The number of rotatable bonds is 5. The maximum atomic E-state index is 4.77. The number of anilines is 1. The minimum Gasteiger partial charge on any atom is -0.356 e. The minimum atomic E-state index is 0.546. The Kier molecular flexibility index (Phi) is 5.73. The van der Waals surface area contributed by atoms with Crippen LogP contribution in [0.2, 0.25) is 0 Å². The van der Waals surface area contributed by atoms with Crippen LogP contribution in [0.3, 0.4) is 0 Å². The van der Waals surface area contributed by atoms with Crippen molar-refractivity contribution in [1.82, 2.24) is 9.97 Å². The molecule has 158 valence electrons. The molecule has 0 saturated carbocycles. The highest BCUT2D eigenvalue weighted by molar-refractivity contribution is 7.17. The van der Waals surface area contributed by atoms with Crippen LogP contribution in [0.15, 0.2) is 66.3 Å². The lowest BCUT2D eigenvalue weighted by atomic mass is 9.90. The summed E-state index contributed by atoms with van der Waals surface area (Å²) < 4.78 is 0. The molecule has 3 heterocycles. The van der Waals surface area contributed by atoms with Crippen molar-refractivity contribution in [1.29, 1.82) is 0 Å². The molecule has 2 aromatic carbocycles. The fraction of sp³-hybridized carbons (Fsp3) is 0.333. The summed E-state index contributed by atoms with van der Waals surface area (Å²) in [6.07, 6.45) is 5.33. The van der Waals surface area contributed by atoms with Crippen LogP contribution in [0.25, 0.3) is 21.3 Å². The molecule has 31 heavy (non-hydrogen) atoms. The highest BCUT2D eigenvalue weighted by Crippen LogP contribution is 2.39. The molecule has 0 radical (unpaired) electrons. The van der Waals surface area contributed by atoms with Crippen LogP contribution >= 0.6 is 11.3 Å². The van der Waals surface area contributed by atoms with Crippen LogP contribution in [0.5, 0.6) is 0 Å². The second kappa shape index (κ2) is 8.80. The molecule has 4 heteroatoms. The molecule has 1 aliphatic heterocycles. The number of piperidine rings is 1. The van der Waals surface area contributed by atoms with E-state index in [4.69, 9.17) is 4.98 Å². The Morgan fingerprint density at radius 1 is 0.968 bits per heavy atom. The average molecular weight is 428 g/mol. The van der Waals surface area contributed by atoms with Crippen molar-refractivity contribution in [3.05, 3.63) is 77.4 Å². The molecule has 0 spiro atoms. The third kappa shape index (κ3) is 4.22. The van der Waals surface area contributed by atoms with Crippen molar-refractivity contribution in [2.45, 2.75) is 39.0 Å². The molecule has 0 amide bonds. The van der Waals surface area contributed by atoms with E-state index in [0.29, 0.717) is 5.92 Å². The van der Waals surface area contributed by atoms with E-state index in [1.807, 2.05) is 0 Å². The second-order valence-electron chi connectivity index (χ2n) is 8.92. The fourth-order valence-electron chi connectivity index (χ4n) is 4.66. The Hall–Kier alpha value is -2.72. The van der Waals surface area contributed by atoms with Crippen LogP contribution in [-0.4, -0.2) is 23.1 Å². The van der Waals surface area contributed by atoms with Crippen LogP contribution in [0, 0.1) is 5.92 Å².